The fourth-order valence-corrected chi connectivity index (χ4v) is 4.08. The Bertz CT molecular complexity index is 614. The highest BCUT2D eigenvalue weighted by Crippen LogP contribution is 2.37. The lowest BCUT2D eigenvalue weighted by Crippen LogP contribution is -2.51. The molecule has 0 spiro atoms. The molecule has 2 atom stereocenters. The molecule has 2 fully saturated rings. The number of benzene rings is 1. The van der Waals surface area contributed by atoms with Gasteiger partial charge in [-0.3, -0.25) is 4.79 Å². The topological polar surface area (TPSA) is 20.3 Å². The minimum absolute atomic E-state index is 0.0529. The molecule has 0 radical (unpaired) electrons. The van der Waals surface area contributed by atoms with Gasteiger partial charge in [0.15, 0.2) is 0 Å². The molecule has 2 aliphatic heterocycles. The van der Waals surface area contributed by atoms with Crippen molar-refractivity contribution in [1.29, 1.82) is 0 Å². The van der Waals surface area contributed by atoms with Crippen LogP contribution in [-0.4, -0.2) is 29.8 Å². The van der Waals surface area contributed by atoms with Crippen molar-refractivity contribution in [2.24, 2.45) is 5.92 Å². The Morgan fingerprint density at radius 3 is 2.38 bits per heavy atom. The van der Waals surface area contributed by atoms with Gasteiger partial charge >= 0.3 is 6.18 Å². The van der Waals surface area contributed by atoms with Crippen molar-refractivity contribution in [3.05, 3.63) is 35.1 Å². The number of carbonyl (C=O) groups is 1. The number of fused-ring (bicyclic) bond motifs is 2. The Kier molecular flexibility index (Phi) is 4.69. The predicted molar refractivity (Wildman–Crippen MR) is 82.0 cm³/mol. The summed E-state index contributed by atoms with van der Waals surface area (Å²) in [7, 11) is 2.09. The molecule has 2 aliphatic rings. The molecule has 24 heavy (non-hydrogen) atoms. The number of piperidine rings is 2. The van der Waals surface area contributed by atoms with Gasteiger partial charge in [0, 0.05) is 24.4 Å². The number of hydrogen-bond donors (Lipinski definition) is 0. The zero-order valence-corrected chi connectivity index (χ0v) is 13.6. The summed E-state index contributed by atoms with van der Waals surface area (Å²) in [5.41, 5.74) is -0.970. The number of halogens is 4. The van der Waals surface area contributed by atoms with Gasteiger partial charge in [0.1, 0.15) is 11.6 Å². The summed E-state index contributed by atoms with van der Waals surface area (Å²) in [6.45, 7) is 0. The largest absolute Gasteiger partial charge is 0.416 e. The summed E-state index contributed by atoms with van der Waals surface area (Å²) in [5, 5.41) is 0. The molecule has 1 aromatic carbocycles. The second-order valence-electron chi connectivity index (χ2n) is 7.02. The summed E-state index contributed by atoms with van der Waals surface area (Å²) in [5.74, 6) is -1.12. The van der Waals surface area contributed by atoms with Crippen LogP contribution >= 0.6 is 0 Å². The van der Waals surface area contributed by atoms with Crippen LogP contribution < -0.4 is 0 Å². The lowest BCUT2D eigenvalue weighted by atomic mass is 9.76. The van der Waals surface area contributed by atoms with Crippen LogP contribution in [0, 0.1) is 11.7 Å². The zero-order valence-electron chi connectivity index (χ0n) is 13.6. The van der Waals surface area contributed by atoms with Crippen LogP contribution in [0.1, 0.15) is 43.2 Å². The van der Waals surface area contributed by atoms with E-state index in [4.69, 9.17) is 0 Å². The van der Waals surface area contributed by atoms with Gasteiger partial charge in [-0.1, -0.05) is 12.5 Å². The normalized spacial score (nSPS) is 28.0. The van der Waals surface area contributed by atoms with Crippen molar-refractivity contribution < 1.29 is 22.4 Å². The fraction of sp³-hybridized carbons (Fsp3) is 0.611. The molecular formula is C18H21F4NO. The third-order valence-corrected chi connectivity index (χ3v) is 5.54. The van der Waals surface area contributed by atoms with Crippen LogP contribution in [0.5, 0.6) is 0 Å². The van der Waals surface area contributed by atoms with E-state index in [9.17, 15) is 22.4 Å². The molecule has 2 bridgehead atoms. The van der Waals surface area contributed by atoms with Crippen molar-refractivity contribution in [3.8, 4) is 0 Å². The molecule has 2 heterocycles. The monoisotopic (exact) mass is 343 g/mol. The quantitative estimate of drug-likeness (QED) is 0.766. The van der Waals surface area contributed by atoms with Crippen LogP contribution in [0.15, 0.2) is 18.2 Å². The standard InChI is InChI=1S/C18H21F4NO/c1-23-14-3-2-4-15(23)8-12(7-14)17(24)9-11-5-6-13(10-16(11)19)18(20,21)22/h5-6,10,12,14-15H,2-4,7-9H2,1H3. The van der Waals surface area contributed by atoms with Crippen LogP contribution in [0.4, 0.5) is 17.6 Å². The SMILES string of the molecule is CN1C2CCCC1CC(C(=O)Cc1ccc(C(F)(F)F)cc1F)C2. The van der Waals surface area contributed by atoms with E-state index in [0.29, 0.717) is 18.2 Å². The molecule has 0 aromatic heterocycles. The number of hydrogen-bond acceptors (Lipinski definition) is 2. The van der Waals surface area contributed by atoms with Crippen LogP contribution in [0.2, 0.25) is 0 Å². The molecule has 6 heteroatoms. The van der Waals surface area contributed by atoms with Crippen LogP contribution in [0.25, 0.3) is 0 Å². The van der Waals surface area contributed by atoms with Gasteiger partial charge in [-0.2, -0.15) is 13.2 Å². The molecule has 132 valence electrons. The Hall–Kier alpha value is -1.43. The minimum Gasteiger partial charge on any atom is -0.300 e. The Morgan fingerprint density at radius 2 is 1.83 bits per heavy atom. The lowest BCUT2D eigenvalue weighted by Gasteiger charge is -2.46. The third-order valence-electron chi connectivity index (χ3n) is 5.54. The summed E-state index contributed by atoms with van der Waals surface area (Å²) < 4.78 is 51.7. The molecule has 2 saturated heterocycles. The van der Waals surface area contributed by atoms with E-state index in [1.54, 1.807) is 0 Å². The highest BCUT2D eigenvalue weighted by Gasteiger charge is 2.38. The van der Waals surface area contributed by atoms with E-state index >= 15 is 0 Å². The van der Waals surface area contributed by atoms with Gasteiger partial charge < -0.3 is 4.90 Å². The number of nitrogens with zero attached hydrogens (tertiary/aromatic N) is 1. The van der Waals surface area contributed by atoms with E-state index in [1.165, 1.54) is 6.42 Å². The Morgan fingerprint density at radius 1 is 1.21 bits per heavy atom. The molecule has 0 saturated carbocycles. The summed E-state index contributed by atoms with van der Waals surface area (Å²) in [6, 6.07) is 3.19. The van der Waals surface area contributed by atoms with Crippen molar-refractivity contribution >= 4 is 5.78 Å². The van der Waals surface area contributed by atoms with Gasteiger partial charge in [0.05, 0.1) is 5.56 Å². The number of Topliss-reactive ketones (excluding diaryl/α,β-unsaturated/α-hetero) is 1. The average Bonchev–Trinajstić information content (AvgIpc) is 2.47. The Balaban J connectivity index is 1.69. The fourth-order valence-electron chi connectivity index (χ4n) is 4.08. The van der Waals surface area contributed by atoms with E-state index in [0.717, 1.165) is 37.8 Å². The number of ketones is 1. The van der Waals surface area contributed by atoms with Crippen LogP contribution in [0.3, 0.4) is 0 Å². The summed E-state index contributed by atoms with van der Waals surface area (Å²) >= 11 is 0. The number of carbonyl (C=O) groups excluding carboxylic acids is 1. The highest BCUT2D eigenvalue weighted by atomic mass is 19.4. The number of alkyl halides is 3. The lowest BCUT2D eigenvalue weighted by molar-refractivity contribution is -0.137. The van der Waals surface area contributed by atoms with E-state index in [2.05, 4.69) is 11.9 Å². The molecule has 1 aromatic rings. The molecule has 2 unspecified atom stereocenters. The summed E-state index contributed by atoms with van der Waals surface area (Å²) in [6.07, 6.45) is 0.166. The van der Waals surface area contributed by atoms with Crippen molar-refractivity contribution in [2.45, 2.75) is 56.8 Å². The second-order valence-corrected chi connectivity index (χ2v) is 7.02. The predicted octanol–water partition coefficient (Wildman–Crippen LogP) is 4.22. The Labute approximate surface area is 138 Å². The van der Waals surface area contributed by atoms with E-state index < -0.39 is 17.6 Å². The maximum Gasteiger partial charge on any atom is 0.416 e. The molecule has 2 nitrogen and oxygen atoms in total. The molecule has 0 aliphatic carbocycles. The first-order valence-corrected chi connectivity index (χ1v) is 8.36. The van der Waals surface area contributed by atoms with Crippen molar-refractivity contribution in [1.82, 2.24) is 4.90 Å². The number of rotatable bonds is 3. The van der Waals surface area contributed by atoms with Crippen LogP contribution in [-0.2, 0) is 17.4 Å². The van der Waals surface area contributed by atoms with Gasteiger partial charge in [-0.15, -0.1) is 0 Å². The maximum atomic E-state index is 13.9. The first-order chi connectivity index (χ1) is 11.3. The molecule has 0 amide bonds. The van der Waals surface area contributed by atoms with E-state index in [1.807, 2.05) is 0 Å². The second kappa shape index (κ2) is 6.47. The van der Waals surface area contributed by atoms with Gasteiger partial charge in [0.25, 0.3) is 0 Å². The smallest absolute Gasteiger partial charge is 0.300 e. The minimum atomic E-state index is -4.57. The van der Waals surface area contributed by atoms with Crippen molar-refractivity contribution in [3.63, 3.8) is 0 Å². The van der Waals surface area contributed by atoms with E-state index in [-0.39, 0.29) is 23.7 Å². The zero-order chi connectivity index (χ0) is 17.5. The first-order valence-electron chi connectivity index (χ1n) is 8.36. The summed E-state index contributed by atoms with van der Waals surface area (Å²) in [4.78, 5) is 14.9. The van der Waals surface area contributed by atoms with Gasteiger partial charge in [-0.05, 0) is 50.4 Å². The van der Waals surface area contributed by atoms with Gasteiger partial charge in [-0.25, -0.2) is 4.39 Å². The third kappa shape index (κ3) is 3.48. The molecular weight excluding hydrogens is 322 g/mol. The maximum absolute atomic E-state index is 13.9. The van der Waals surface area contributed by atoms with Crippen molar-refractivity contribution in [2.75, 3.05) is 7.05 Å². The molecule has 3 rings (SSSR count). The molecule has 0 N–H and O–H groups in total. The highest BCUT2D eigenvalue weighted by molar-refractivity contribution is 5.83. The average molecular weight is 343 g/mol. The first kappa shape index (κ1) is 17.4. The van der Waals surface area contributed by atoms with Gasteiger partial charge in [0.2, 0.25) is 0 Å².